The number of rotatable bonds is 0. The van der Waals surface area contributed by atoms with Crippen molar-refractivity contribution in [3.8, 4) is 0 Å². The Kier molecular flexibility index (Phi) is 3.51. The summed E-state index contributed by atoms with van der Waals surface area (Å²) < 4.78 is 2.40. The third-order valence-corrected chi connectivity index (χ3v) is 3.96. The standard InChI is InChI=1S/C19H30N2/c1-17(2,3)13-12-21(19(7,8)9)14-10-11-20-16(15(13)14)18(4,5)6/h10-12H,1-9H3. The van der Waals surface area contributed by atoms with Crippen molar-refractivity contribution in [3.63, 3.8) is 0 Å². The molecule has 0 radical (unpaired) electrons. The summed E-state index contributed by atoms with van der Waals surface area (Å²) in [6.07, 6.45) is 4.29. The van der Waals surface area contributed by atoms with Gasteiger partial charge in [0.05, 0.1) is 11.2 Å². The maximum absolute atomic E-state index is 4.73. The fourth-order valence-corrected chi connectivity index (χ4v) is 2.87. The number of hydrogen-bond acceptors (Lipinski definition) is 1. The van der Waals surface area contributed by atoms with Crippen LogP contribution in [0.4, 0.5) is 0 Å². The van der Waals surface area contributed by atoms with Gasteiger partial charge in [0.1, 0.15) is 0 Å². The highest BCUT2D eigenvalue weighted by Crippen LogP contribution is 2.39. The SMILES string of the molecule is CC(C)(C)c1cn(C(C)(C)C)c2ccnc(C(C)(C)C)c12. The van der Waals surface area contributed by atoms with Gasteiger partial charge in [-0.15, -0.1) is 0 Å². The summed E-state index contributed by atoms with van der Waals surface area (Å²) >= 11 is 0. The lowest BCUT2D eigenvalue weighted by atomic mass is 9.82. The lowest BCUT2D eigenvalue weighted by molar-refractivity contribution is 0.408. The molecule has 21 heavy (non-hydrogen) atoms. The summed E-state index contributed by atoms with van der Waals surface area (Å²) in [5, 5.41) is 1.34. The maximum atomic E-state index is 4.73. The van der Waals surface area contributed by atoms with Crippen molar-refractivity contribution in [1.29, 1.82) is 0 Å². The van der Waals surface area contributed by atoms with Gasteiger partial charge in [-0.25, -0.2) is 0 Å². The second kappa shape index (κ2) is 4.59. The molecule has 0 atom stereocenters. The first-order valence-corrected chi connectivity index (χ1v) is 7.85. The average Bonchev–Trinajstić information content (AvgIpc) is 2.65. The Labute approximate surface area is 129 Å². The molecule has 0 N–H and O–H groups in total. The van der Waals surface area contributed by atoms with Gasteiger partial charge in [-0.3, -0.25) is 4.98 Å². The lowest BCUT2D eigenvalue weighted by Crippen LogP contribution is -2.21. The second-order valence-corrected chi connectivity index (χ2v) is 9.14. The van der Waals surface area contributed by atoms with Crippen LogP contribution >= 0.6 is 0 Å². The van der Waals surface area contributed by atoms with Gasteiger partial charge in [0, 0.05) is 28.7 Å². The molecule has 0 aliphatic heterocycles. The van der Waals surface area contributed by atoms with E-state index in [9.17, 15) is 0 Å². The second-order valence-electron chi connectivity index (χ2n) is 9.14. The van der Waals surface area contributed by atoms with E-state index in [1.807, 2.05) is 6.20 Å². The molecule has 0 unspecified atom stereocenters. The zero-order valence-electron chi connectivity index (χ0n) is 15.1. The molecule has 0 aromatic carbocycles. The average molecular weight is 286 g/mol. The highest BCUT2D eigenvalue weighted by molar-refractivity contribution is 5.88. The van der Waals surface area contributed by atoms with Crippen LogP contribution in [-0.4, -0.2) is 9.55 Å². The highest BCUT2D eigenvalue weighted by atomic mass is 15.0. The van der Waals surface area contributed by atoms with Crippen molar-refractivity contribution >= 4 is 10.9 Å². The molecule has 116 valence electrons. The molecule has 2 heterocycles. The van der Waals surface area contributed by atoms with E-state index < -0.39 is 0 Å². The van der Waals surface area contributed by atoms with Crippen LogP contribution in [0.3, 0.4) is 0 Å². The van der Waals surface area contributed by atoms with Gasteiger partial charge < -0.3 is 4.57 Å². The molecule has 0 spiro atoms. The molecule has 0 amide bonds. The molecule has 0 aliphatic carbocycles. The van der Waals surface area contributed by atoms with Crippen molar-refractivity contribution < 1.29 is 0 Å². The summed E-state index contributed by atoms with van der Waals surface area (Å²) in [6, 6.07) is 2.16. The predicted octanol–water partition coefficient (Wildman–Crippen LogP) is 5.39. The Morgan fingerprint density at radius 3 is 1.86 bits per heavy atom. The van der Waals surface area contributed by atoms with Crippen LogP contribution in [0.25, 0.3) is 10.9 Å². The monoisotopic (exact) mass is 286 g/mol. The summed E-state index contributed by atoms with van der Waals surface area (Å²) in [5.41, 5.74) is 4.12. The molecule has 2 aromatic heterocycles. The summed E-state index contributed by atoms with van der Waals surface area (Å²) in [4.78, 5) is 4.73. The summed E-state index contributed by atoms with van der Waals surface area (Å²) in [5.74, 6) is 0. The largest absolute Gasteiger partial charge is 0.342 e. The van der Waals surface area contributed by atoms with Crippen LogP contribution in [0.15, 0.2) is 18.5 Å². The molecule has 0 saturated heterocycles. The molecule has 2 rings (SSSR count). The van der Waals surface area contributed by atoms with E-state index >= 15 is 0 Å². The molecule has 2 aromatic rings. The van der Waals surface area contributed by atoms with E-state index in [1.54, 1.807) is 0 Å². The Bertz CT molecular complexity index is 656. The van der Waals surface area contributed by atoms with Gasteiger partial charge >= 0.3 is 0 Å². The van der Waals surface area contributed by atoms with Crippen molar-refractivity contribution in [1.82, 2.24) is 9.55 Å². The molecule has 0 saturated carbocycles. The highest BCUT2D eigenvalue weighted by Gasteiger charge is 2.29. The van der Waals surface area contributed by atoms with E-state index in [4.69, 9.17) is 4.98 Å². The van der Waals surface area contributed by atoms with Gasteiger partial charge in [-0.2, -0.15) is 0 Å². The van der Waals surface area contributed by atoms with Crippen LogP contribution < -0.4 is 0 Å². The van der Waals surface area contributed by atoms with E-state index in [0.29, 0.717) is 0 Å². The van der Waals surface area contributed by atoms with Crippen molar-refractivity contribution in [2.75, 3.05) is 0 Å². The van der Waals surface area contributed by atoms with Crippen molar-refractivity contribution in [2.24, 2.45) is 0 Å². The van der Waals surface area contributed by atoms with E-state index in [0.717, 1.165) is 0 Å². The minimum absolute atomic E-state index is 0.0452. The normalized spacial score (nSPS) is 14.0. The Morgan fingerprint density at radius 1 is 0.857 bits per heavy atom. The zero-order chi connectivity index (χ0) is 16.2. The topological polar surface area (TPSA) is 17.8 Å². The molecule has 2 heteroatoms. The van der Waals surface area contributed by atoms with Gasteiger partial charge in [-0.1, -0.05) is 41.5 Å². The lowest BCUT2D eigenvalue weighted by Gasteiger charge is -2.24. The number of pyridine rings is 1. The number of hydrogen-bond donors (Lipinski definition) is 0. The van der Waals surface area contributed by atoms with Crippen LogP contribution in [-0.2, 0) is 16.4 Å². The molecule has 0 bridgehead atoms. The van der Waals surface area contributed by atoms with Crippen LogP contribution in [0.5, 0.6) is 0 Å². The van der Waals surface area contributed by atoms with Crippen LogP contribution in [0.1, 0.15) is 73.6 Å². The Morgan fingerprint density at radius 2 is 1.43 bits per heavy atom. The van der Waals surface area contributed by atoms with Gasteiger partial charge in [0.25, 0.3) is 0 Å². The third-order valence-electron chi connectivity index (χ3n) is 3.96. The fraction of sp³-hybridized carbons (Fsp3) is 0.632. The smallest absolute Gasteiger partial charge is 0.0553 e. The van der Waals surface area contributed by atoms with Gasteiger partial charge in [-0.05, 0) is 37.8 Å². The van der Waals surface area contributed by atoms with Crippen molar-refractivity contribution in [2.45, 2.75) is 78.7 Å². The van der Waals surface area contributed by atoms with Gasteiger partial charge in [0.15, 0.2) is 0 Å². The predicted molar refractivity (Wildman–Crippen MR) is 92.1 cm³/mol. The first-order chi connectivity index (χ1) is 9.33. The van der Waals surface area contributed by atoms with E-state index in [-0.39, 0.29) is 16.4 Å². The van der Waals surface area contributed by atoms with Gasteiger partial charge in [0.2, 0.25) is 0 Å². The Balaban J connectivity index is 2.97. The quantitative estimate of drug-likeness (QED) is 0.635. The van der Waals surface area contributed by atoms with Crippen molar-refractivity contribution in [3.05, 3.63) is 29.7 Å². The number of fused-ring (bicyclic) bond motifs is 1. The molecule has 2 nitrogen and oxygen atoms in total. The zero-order valence-corrected chi connectivity index (χ0v) is 15.1. The molecular weight excluding hydrogens is 256 g/mol. The first kappa shape index (κ1) is 16.1. The Hall–Kier alpha value is -1.31. The van der Waals surface area contributed by atoms with Crippen LogP contribution in [0, 0.1) is 0 Å². The number of nitrogens with zero attached hydrogens (tertiary/aromatic N) is 2. The summed E-state index contributed by atoms with van der Waals surface area (Å²) in [7, 11) is 0. The molecular formula is C19H30N2. The fourth-order valence-electron chi connectivity index (χ4n) is 2.87. The maximum Gasteiger partial charge on any atom is 0.0553 e. The van der Waals surface area contributed by atoms with Crippen LogP contribution in [0.2, 0.25) is 0 Å². The number of aromatic nitrogens is 2. The first-order valence-electron chi connectivity index (χ1n) is 7.85. The summed E-state index contributed by atoms with van der Waals surface area (Å²) in [6.45, 7) is 20.4. The minimum atomic E-state index is 0.0452. The van der Waals surface area contributed by atoms with E-state index in [2.05, 4.69) is 79.1 Å². The molecule has 0 aliphatic rings. The van der Waals surface area contributed by atoms with E-state index in [1.165, 1.54) is 22.2 Å². The molecule has 0 fully saturated rings. The third kappa shape index (κ3) is 2.86. The minimum Gasteiger partial charge on any atom is -0.342 e.